The number of hydrogen-bond donors (Lipinski definition) is 2. The largest absolute Gasteiger partial charge is 0.493 e. The summed E-state index contributed by atoms with van der Waals surface area (Å²) in [6, 6.07) is 12.1. The van der Waals surface area contributed by atoms with E-state index in [0.717, 1.165) is 12.0 Å². The van der Waals surface area contributed by atoms with Crippen molar-refractivity contribution in [3.05, 3.63) is 48.0 Å². The molecule has 0 spiro atoms. The molecule has 0 aliphatic heterocycles. The van der Waals surface area contributed by atoms with Gasteiger partial charge in [-0.1, -0.05) is 19.9 Å². The van der Waals surface area contributed by atoms with Crippen LogP contribution in [-0.2, 0) is 6.54 Å². The SMILES string of the molecule is CCCOc1ccc(C(=O)O)cc1-c1cc(-c2cccc(OC)c2OC)n(C[C@H](O)CC)n1. The van der Waals surface area contributed by atoms with Gasteiger partial charge < -0.3 is 24.4 Å². The van der Waals surface area contributed by atoms with Crippen molar-refractivity contribution < 1.29 is 29.2 Å². The van der Waals surface area contributed by atoms with E-state index in [1.165, 1.54) is 6.07 Å². The maximum Gasteiger partial charge on any atom is 0.335 e. The molecule has 8 heteroatoms. The van der Waals surface area contributed by atoms with E-state index in [9.17, 15) is 15.0 Å². The molecule has 0 radical (unpaired) electrons. The number of nitrogens with zero attached hydrogens (tertiary/aromatic N) is 2. The second-order valence-corrected chi connectivity index (χ2v) is 7.56. The van der Waals surface area contributed by atoms with Crippen LogP contribution in [0, 0.1) is 0 Å². The van der Waals surface area contributed by atoms with Crippen LogP contribution in [0.1, 0.15) is 37.0 Å². The minimum Gasteiger partial charge on any atom is -0.493 e. The Morgan fingerprint density at radius 1 is 1.06 bits per heavy atom. The van der Waals surface area contributed by atoms with Crippen molar-refractivity contribution in [3.63, 3.8) is 0 Å². The molecule has 1 atom stereocenters. The number of aliphatic hydroxyl groups is 1. The molecule has 3 aromatic rings. The van der Waals surface area contributed by atoms with Crippen molar-refractivity contribution >= 4 is 5.97 Å². The normalized spacial score (nSPS) is 11.8. The molecule has 2 N–H and O–H groups in total. The molecule has 3 rings (SSSR count). The Morgan fingerprint density at radius 2 is 1.85 bits per heavy atom. The minimum absolute atomic E-state index is 0.137. The summed E-state index contributed by atoms with van der Waals surface area (Å²) in [5.74, 6) is 0.626. The first-order chi connectivity index (χ1) is 15.9. The quantitative estimate of drug-likeness (QED) is 0.440. The fourth-order valence-electron chi connectivity index (χ4n) is 3.52. The number of ether oxygens (including phenoxy) is 3. The molecule has 1 heterocycles. The Morgan fingerprint density at radius 3 is 2.48 bits per heavy atom. The molecule has 0 unspecified atom stereocenters. The van der Waals surface area contributed by atoms with Crippen LogP contribution in [0.4, 0.5) is 0 Å². The highest BCUT2D eigenvalue weighted by Gasteiger charge is 2.21. The zero-order valence-electron chi connectivity index (χ0n) is 19.4. The summed E-state index contributed by atoms with van der Waals surface area (Å²) in [5, 5.41) is 24.6. The number of hydrogen-bond acceptors (Lipinski definition) is 6. The number of aromatic carboxylic acids is 1. The number of aromatic nitrogens is 2. The Labute approximate surface area is 193 Å². The van der Waals surface area contributed by atoms with Crippen LogP contribution in [0.15, 0.2) is 42.5 Å². The maximum atomic E-state index is 11.6. The van der Waals surface area contributed by atoms with Crippen molar-refractivity contribution in [2.24, 2.45) is 0 Å². The third kappa shape index (κ3) is 5.28. The van der Waals surface area contributed by atoms with Gasteiger partial charge in [0.15, 0.2) is 11.5 Å². The lowest BCUT2D eigenvalue weighted by Gasteiger charge is -2.15. The summed E-state index contributed by atoms with van der Waals surface area (Å²) in [5.41, 5.74) is 2.68. The van der Waals surface area contributed by atoms with Gasteiger partial charge in [-0.15, -0.1) is 0 Å². The van der Waals surface area contributed by atoms with E-state index in [4.69, 9.17) is 19.3 Å². The number of carboxylic acid groups (broad SMARTS) is 1. The summed E-state index contributed by atoms with van der Waals surface area (Å²) in [7, 11) is 3.14. The average molecular weight is 455 g/mol. The van der Waals surface area contributed by atoms with E-state index < -0.39 is 12.1 Å². The van der Waals surface area contributed by atoms with E-state index >= 15 is 0 Å². The molecule has 0 saturated heterocycles. The van der Waals surface area contributed by atoms with Crippen LogP contribution in [-0.4, -0.2) is 52.9 Å². The van der Waals surface area contributed by atoms with Gasteiger partial charge in [-0.2, -0.15) is 5.10 Å². The second kappa shape index (κ2) is 10.9. The van der Waals surface area contributed by atoms with Gasteiger partial charge in [-0.25, -0.2) is 4.79 Å². The molecule has 2 aromatic carbocycles. The van der Waals surface area contributed by atoms with Crippen LogP contribution < -0.4 is 14.2 Å². The van der Waals surface area contributed by atoms with Gasteiger partial charge in [-0.3, -0.25) is 4.68 Å². The molecular formula is C25H30N2O6. The van der Waals surface area contributed by atoms with Crippen molar-refractivity contribution in [1.29, 1.82) is 0 Å². The summed E-state index contributed by atoms with van der Waals surface area (Å²) >= 11 is 0. The van der Waals surface area contributed by atoms with E-state index in [1.807, 2.05) is 32.0 Å². The van der Waals surface area contributed by atoms with Crippen molar-refractivity contribution in [1.82, 2.24) is 9.78 Å². The third-order valence-corrected chi connectivity index (χ3v) is 5.28. The minimum atomic E-state index is -1.03. The summed E-state index contributed by atoms with van der Waals surface area (Å²) < 4.78 is 18.7. The number of benzene rings is 2. The van der Waals surface area contributed by atoms with Crippen LogP contribution in [0.5, 0.6) is 17.2 Å². The number of carbonyl (C=O) groups is 1. The van der Waals surface area contributed by atoms with Gasteiger partial charge in [0.25, 0.3) is 0 Å². The highest BCUT2D eigenvalue weighted by Crippen LogP contribution is 2.40. The molecule has 8 nitrogen and oxygen atoms in total. The molecule has 0 fully saturated rings. The molecule has 0 amide bonds. The number of rotatable bonds is 11. The first kappa shape index (κ1) is 24.1. The lowest BCUT2D eigenvalue weighted by Crippen LogP contribution is -2.16. The van der Waals surface area contributed by atoms with Crippen LogP contribution in [0.3, 0.4) is 0 Å². The standard InChI is InChI=1S/C25H30N2O6/c1-5-12-33-22-11-10-16(25(29)30)13-19(22)20-14-21(27(26-20)15-17(28)6-2)18-8-7-9-23(31-3)24(18)32-4/h7-11,13-14,17,28H,5-6,12,15H2,1-4H3,(H,29,30)/t17-/m1/s1. The van der Waals surface area contributed by atoms with E-state index in [2.05, 4.69) is 0 Å². The zero-order valence-corrected chi connectivity index (χ0v) is 19.4. The first-order valence-electron chi connectivity index (χ1n) is 10.9. The molecule has 33 heavy (non-hydrogen) atoms. The summed E-state index contributed by atoms with van der Waals surface area (Å²) in [6.45, 7) is 4.65. The number of carboxylic acids is 1. The van der Waals surface area contributed by atoms with E-state index in [-0.39, 0.29) is 12.1 Å². The lowest BCUT2D eigenvalue weighted by molar-refractivity contribution is 0.0697. The molecule has 0 aliphatic rings. The molecular weight excluding hydrogens is 424 g/mol. The molecule has 1 aromatic heterocycles. The van der Waals surface area contributed by atoms with Crippen LogP contribution in [0.25, 0.3) is 22.5 Å². The Hall–Kier alpha value is -3.52. The smallest absolute Gasteiger partial charge is 0.335 e. The molecule has 0 bridgehead atoms. The first-order valence-corrected chi connectivity index (χ1v) is 10.9. The maximum absolute atomic E-state index is 11.6. The van der Waals surface area contributed by atoms with Gasteiger partial charge in [0.1, 0.15) is 5.75 Å². The Bertz CT molecular complexity index is 1110. The Kier molecular flexibility index (Phi) is 7.95. The van der Waals surface area contributed by atoms with Gasteiger partial charge >= 0.3 is 5.97 Å². The molecule has 0 saturated carbocycles. The highest BCUT2D eigenvalue weighted by molar-refractivity contribution is 5.90. The Balaban J connectivity index is 2.22. The monoisotopic (exact) mass is 454 g/mol. The fourth-order valence-corrected chi connectivity index (χ4v) is 3.52. The van der Waals surface area contributed by atoms with Gasteiger partial charge in [0.2, 0.25) is 0 Å². The van der Waals surface area contributed by atoms with E-state index in [1.54, 1.807) is 37.1 Å². The van der Waals surface area contributed by atoms with Gasteiger partial charge in [0, 0.05) is 11.1 Å². The predicted octanol–water partition coefficient (Wildman–Crippen LogP) is 4.49. The van der Waals surface area contributed by atoms with Crippen molar-refractivity contribution in [2.75, 3.05) is 20.8 Å². The number of aliphatic hydroxyl groups excluding tert-OH is 1. The zero-order chi connectivity index (χ0) is 24.0. The van der Waals surface area contributed by atoms with Crippen LogP contribution in [0.2, 0.25) is 0 Å². The highest BCUT2D eigenvalue weighted by atomic mass is 16.5. The summed E-state index contributed by atoms with van der Waals surface area (Å²) in [6.07, 6.45) is 0.765. The van der Waals surface area contributed by atoms with E-state index in [0.29, 0.717) is 47.2 Å². The van der Waals surface area contributed by atoms with Gasteiger partial charge in [-0.05, 0) is 49.2 Å². The molecule has 0 aliphatic carbocycles. The molecule has 176 valence electrons. The number of methoxy groups -OCH3 is 2. The average Bonchev–Trinajstić information content (AvgIpc) is 3.24. The van der Waals surface area contributed by atoms with Crippen molar-refractivity contribution in [2.45, 2.75) is 39.3 Å². The second-order valence-electron chi connectivity index (χ2n) is 7.56. The third-order valence-electron chi connectivity index (χ3n) is 5.28. The van der Waals surface area contributed by atoms with Crippen LogP contribution >= 0.6 is 0 Å². The lowest BCUT2D eigenvalue weighted by atomic mass is 10.0. The van der Waals surface area contributed by atoms with Gasteiger partial charge in [0.05, 0.1) is 50.4 Å². The predicted molar refractivity (Wildman–Crippen MR) is 125 cm³/mol. The van der Waals surface area contributed by atoms with Crippen molar-refractivity contribution in [3.8, 4) is 39.8 Å². The topological polar surface area (TPSA) is 103 Å². The number of para-hydroxylation sites is 1. The summed E-state index contributed by atoms with van der Waals surface area (Å²) in [4.78, 5) is 11.6. The fraction of sp³-hybridized carbons (Fsp3) is 0.360.